The predicted octanol–water partition coefficient (Wildman–Crippen LogP) is 1.38. The van der Waals surface area contributed by atoms with Gasteiger partial charge in [0.05, 0.1) is 11.5 Å². The number of amides is 1. The third-order valence-corrected chi connectivity index (χ3v) is 4.47. The van der Waals surface area contributed by atoms with E-state index in [0.717, 1.165) is 5.56 Å². The lowest BCUT2D eigenvalue weighted by molar-refractivity contribution is 0.0956. The highest BCUT2D eigenvalue weighted by Crippen LogP contribution is 2.02. The number of halogens is 1. The SMILES string of the molecule is Cc1ccc(C(=O)NCCS(=O)(=O)CCCl)cc1. The van der Waals surface area contributed by atoms with E-state index >= 15 is 0 Å². The molecular weight excluding hydrogens is 274 g/mol. The molecule has 6 heteroatoms. The number of aryl methyl sites for hydroxylation is 1. The Morgan fingerprint density at radius 2 is 1.83 bits per heavy atom. The van der Waals surface area contributed by atoms with Crippen LogP contribution in [0.25, 0.3) is 0 Å². The van der Waals surface area contributed by atoms with E-state index in [-0.39, 0.29) is 29.8 Å². The van der Waals surface area contributed by atoms with Gasteiger partial charge < -0.3 is 5.32 Å². The molecule has 1 aromatic rings. The fourth-order valence-corrected chi connectivity index (χ4v) is 2.90. The van der Waals surface area contributed by atoms with Crippen LogP contribution in [0.3, 0.4) is 0 Å². The first-order valence-electron chi connectivity index (χ1n) is 5.56. The Labute approximate surface area is 112 Å². The lowest BCUT2D eigenvalue weighted by Crippen LogP contribution is -2.30. The maximum Gasteiger partial charge on any atom is 0.251 e. The molecule has 0 radical (unpaired) electrons. The average molecular weight is 290 g/mol. The number of hydrogen-bond acceptors (Lipinski definition) is 3. The molecule has 1 aromatic carbocycles. The van der Waals surface area contributed by atoms with Gasteiger partial charge in [-0.25, -0.2) is 8.42 Å². The summed E-state index contributed by atoms with van der Waals surface area (Å²) in [6.45, 7) is 2.03. The first-order chi connectivity index (χ1) is 8.44. The number of carbonyl (C=O) groups is 1. The molecule has 1 rings (SSSR count). The highest BCUT2D eigenvalue weighted by molar-refractivity contribution is 7.91. The Bertz CT molecular complexity index is 497. The molecule has 0 aliphatic rings. The molecule has 0 atom stereocenters. The van der Waals surface area contributed by atoms with Crippen LogP contribution < -0.4 is 5.32 Å². The summed E-state index contributed by atoms with van der Waals surface area (Å²) in [4.78, 5) is 11.7. The van der Waals surface area contributed by atoms with E-state index in [4.69, 9.17) is 11.6 Å². The number of rotatable bonds is 6. The molecule has 0 heterocycles. The second-order valence-electron chi connectivity index (χ2n) is 3.96. The minimum Gasteiger partial charge on any atom is -0.351 e. The average Bonchev–Trinajstić information content (AvgIpc) is 2.29. The van der Waals surface area contributed by atoms with Gasteiger partial charge in [0, 0.05) is 18.0 Å². The third-order valence-electron chi connectivity index (χ3n) is 2.40. The van der Waals surface area contributed by atoms with Crippen molar-refractivity contribution in [3.63, 3.8) is 0 Å². The minimum absolute atomic E-state index is 0.0606. The Balaban J connectivity index is 2.45. The summed E-state index contributed by atoms with van der Waals surface area (Å²) in [7, 11) is -3.16. The molecule has 0 spiro atoms. The molecule has 0 bridgehead atoms. The second kappa shape index (κ2) is 6.75. The highest BCUT2D eigenvalue weighted by atomic mass is 35.5. The molecule has 0 fully saturated rings. The van der Waals surface area contributed by atoms with Crippen LogP contribution in [-0.2, 0) is 9.84 Å². The number of carbonyl (C=O) groups excluding carboxylic acids is 1. The zero-order chi connectivity index (χ0) is 13.6. The van der Waals surface area contributed by atoms with Gasteiger partial charge in [0.1, 0.15) is 0 Å². The number of benzene rings is 1. The fourth-order valence-electron chi connectivity index (χ4n) is 1.35. The van der Waals surface area contributed by atoms with Crippen molar-refractivity contribution in [2.24, 2.45) is 0 Å². The first kappa shape index (κ1) is 15.0. The van der Waals surface area contributed by atoms with Gasteiger partial charge in [-0.05, 0) is 19.1 Å². The van der Waals surface area contributed by atoms with Gasteiger partial charge in [-0.3, -0.25) is 4.79 Å². The Morgan fingerprint density at radius 3 is 2.39 bits per heavy atom. The van der Waals surface area contributed by atoms with Gasteiger partial charge in [0.2, 0.25) is 0 Å². The predicted molar refractivity (Wildman–Crippen MR) is 72.9 cm³/mol. The van der Waals surface area contributed by atoms with Crippen LogP contribution in [0.15, 0.2) is 24.3 Å². The monoisotopic (exact) mass is 289 g/mol. The summed E-state index contributed by atoms with van der Waals surface area (Å²) in [5.41, 5.74) is 1.59. The van der Waals surface area contributed by atoms with Crippen molar-refractivity contribution in [2.45, 2.75) is 6.92 Å². The Kier molecular flexibility index (Phi) is 5.62. The molecule has 0 aliphatic heterocycles. The quantitative estimate of drug-likeness (QED) is 0.805. The van der Waals surface area contributed by atoms with Gasteiger partial charge in [-0.2, -0.15) is 0 Å². The molecule has 100 valence electrons. The van der Waals surface area contributed by atoms with Crippen molar-refractivity contribution in [3.05, 3.63) is 35.4 Å². The molecule has 0 aliphatic carbocycles. The van der Waals surface area contributed by atoms with Gasteiger partial charge in [0.25, 0.3) is 5.91 Å². The zero-order valence-corrected chi connectivity index (χ0v) is 11.7. The Hall–Kier alpha value is -1.07. The van der Waals surface area contributed by atoms with Crippen LogP contribution >= 0.6 is 11.6 Å². The normalized spacial score (nSPS) is 11.2. The molecule has 0 saturated heterocycles. The van der Waals surface area contributed by atoms with E-state index in [9.17, 15) is 13.2 Å². The van der Waals surface area contributed by atoms with Crippen molar-refractivity contribution >= 4 is 27.3 Å². The second-order valence-corrected chi connectivity index (χ2v) is 6.64. The minimum atomic E-state index is -3.16. The summed E-state index contributed by atoms with van der Waals surface area (Å²) < 4.78 is 22.7. The number of sulfone groups is 1. The van der Waals surface area contributed by atoms with Crippen LogP contribution in [0.2, 0.25) is 0 Å². The number of hydrogen-bond donors (Lipinski definition) is 1. The van der Waals surface area contributed by atoms with E-state index in [0.29, 0.717) is 5.56 Å². The number of nitrogens with one attached hydrogen (secondary N) is 1. The van der Waals surface area contributed by atoms with Gasteiger partial charge in [-0.15, -0.1) is 11.6 Å². The van der Waals surface area contributed by atoms with Gasteiger partial charge >= 0.3 is 0 Å². The Morgan fingerprint density at radius 1 is 1.22 bits per heavy atom. The van der Waals surface area contributed by atoms with Crippen molar-refractivity contribution in [1.29, 1.82) is 0 Å². The van der Waals surface area contributed by atoms with Crippen molar-refractivity contribution < 1.29 is 13.2 Å². The van der Waals surface area contributed by atoms with Crippen LogP contribution in [0.5, 0.6) is 0 Å². The molecule has 0 saturated carbocycles. The van der Waals surface area contributed by atoms with Crippen LogP contribution in [0.1, 0.15) is 15.9 Å². The molecular formula is C12H16ClNO3S. The summed E-state index contributed by atoms with van der Waals surface area (Å²) >= 11 is 5.37. The number of alkyl halides is 1. The summed E-state index contributed by atoms with van der Waals surface area (Å²) in [6.07, 6.45) is 0. The van der Waals surface area contributed by atoms with E-state index in [1.165, 1.54) is 0 Å². The van der Waals surface area contributed by atoms with E-state index < -0.39 is 9.84 Å². The van der Waals surface area contributed by atoms with Crippen LogP contribution in [0.4, 0.5) is 0 Å². The lowest BCUT2D eigenvalue weighted by atomic mass is 10.1. The summed E-state index contributed by atoms with van der Waals surface area (Å²) in [6, 6.07) is 7.08. The smallest absolute Gasteiger partial charge is 0.251 e. The van der Waals surface area contributed by atoms with Crippen LogP contribution in [0, 0.1) is 6.92 Å². The first-order valence-corrected chi connectivity index (χ1v) is 7.91. The highest BCUT2D eigenvalue weighted by Gasteiger charge is 2.11. The van der Waals surface area contributed by atoms with E-state index in [1.54, 1.807) is 12.1 Å². The fraction of sp³-hybridized carbons (Fsp3) is 0.417. The van der Waals surface area contributed by atoms with Gasteiger partial charge in [-0.1, -0.05) is 17.7 Å². The zero-order valence-electron chi connectivity index (χ0n) is 10.1. The van der Waals surface area contributed by atoms with E-state index in [1.807, 2.05) is 19.1 Å². The third kappa shape index (κ3) is 5.06. The van der Waals surface area contributed by atoms with Crippen molar-refractivity contribution in [1.82, 2.24) is 5.32 Å². The van der Waals surface area contributed by atoms with Crippen molar-refractivity contribution in [3.8, 4) is 0 Å². The van der Waals surface area contributed by atoms with Crippen molar-refractivity contribution in [2.75, 3.05) is 23.9 Å². The molecule has 1 N–H and O–H groups in total. The summed E-state index contributed by atoms with van der Waals surface area (Å²) in [5, 5.41) is 2.57. The molecule has 0 unspecified atom stereocenters. The molecule has 0 aromatic heterocycles. The maximum absolute atomic E-state index is 11.7. The molecule has 1 amide bonds. The topological polar surface area (TPSA) is 63.2 Å². The largest absolute Gasteiger partial charge is 0.351 e. The molecule has 4 nitrogen and oxygen atoms in total. The standard InChI is InChI=1S/C12H16ClNO3S/c1-10-2-4-11(5-3-10)12(15)14-7-9-18(16,17)8-6-13/h2-5H,6-9H2,1H3,(H,14,15). The lowest BCUT2D eigenvalue weighted by Gasteiger charge is -2.05. The molecule has 18 heavy (non-hydrogen) atoms. The summed E-state index contributed by atoms with van der Waals surface area (Å²) in [5.74, 6) is -0.336. The van der Waals surface area contributed by atoms with Gasteiger partial charge in [0.15, 0.2) is 9.84 Å². The maximum atomic E-state index is 11.7. The van der Waals surface area contributed by atoms with E-state index in [2.05, 4.69) is 5.32 Å². The van der Waals surface area contributed by atoms with Crippen LogP contribution in [-0.4, -0.2) is 38.3 Å².